The second-order valence-electron chi connectivity index (χ2n) is 12.7. The van der Waals surface area contributed by atoms with Crippen LogP contribution < -0.4 is 22.1 Å². The molecule has 0 heterocycles. The minimum absolute atomic E-state index is 0.705. The second-order valence-corrected chi connectivity index (χ2v) is 34.1. The Morgan fingerprint density at radius 2 is 0.286 bits per heavy atom. The Kier molecular flexibility index (Phi) is 47.8. The number of nitrogens with two attached hydrogens (primary N) is 2. The van der Waals surface area contributed by atoms with Crippen molar-refractivity contribution >= 4 is 91.1 Å². The summed E-state index contributed by atoms with van der Waals surface area (Å²) in [6.07, 6.45) is -9.20. The molecule has 0 aromatic rings. The first-order valence-corrected chi connectivity index (χ1v) is 39.1. The number of hydrogen-bond donors (Lipinski definition) is 28. The van der Waals surface area contributed by atoms with Crippen LogP contribution in [0.25, 0.3) is 0 Å². The molecule has 0 saturated carbocycles. The zero-order valence-electron chi connectivity index (χ0n) is 35.9. The summed E-state index contributed by atoms with van der Waals surface area (Å²) in [6.45, 7) is 5.14. The van der Waals surface area contributed by atoms with Crippen molar-refractivity contribution in [2.45, 2.75) is 0 Å². The molecule has 0 aliphatic rings. The van der Waals surface area contributed by atoms with Crippen molar-refractivity contribution in [2.75, 3.05) is 113 Å². The average molecular weight is 1290 g/mol. The molecule has 70 heavy (non-hydrogen) atoms. The standard InChI is InChI=1S/C6H18N4.6C2H8O6P2/c7-1-3-9-5-6-10-4-2-8;6*3-9(4,5)1-2-10(6,7)8/h9-10H,1-8H2;6*1-2H2,(H2,3,4,5)(H2,6,7,8). The van der Waals surface area contributed by atoms with E-state index in [0.29, 0.717) is 13.1 Å². The van der Waals surface area contributed by atoms with Crippen LogP contribution in [0.2, 0.25) is 0 Å². The third-order valence-corrected chi connectivity index (χ3v) is 17.0. The fraction of sp³-hybridized carbons (Fsp3) is 1.00. The van der Waals surface area contributed by atoms with Crippen molar-refractivity contribution in [3.05, 3.63) is 0 Å². The zero-order valence-corrected chi connectivity index (χ0v) is 46.6. The van der Waals surface area contributed by atoms with Gasteiger partial charge in [-0.05, 0) is 0 Å². The molecule has 0 radical (unpaired) electrons. The third kappa shape index (κ3) is 128. The van der Waals surface area contributed by atoms with Gasteiger partial charge in [0.2, 0.25) is 0 Å². The van der Waals surface area contributed by atoms with Crippen LogP contribution in [-0.2, 0) is 54.8 Å². The fourth-order valence-corrected chi connectivity index (χ4v) is 14.7. The number of nitrogens with one attached hydrogen (secondary N) is 2. The van der Waals surface area contributed by atoms with Crippen molar-refractivity contribution < 1.29 is 172 Å². The summed E-state index contributed by atoms with van der Waals surface area (Å²) in [7, 11) is -51.1. The molecular weight excluding hydrogens is 1220 g/mol. The molecule has 434 valence electrons. The van der Waals surface area contributed by atoms with Gasteiger partial charge in [-0.15, -0.1) is 0 Å². The molecule has 40 nitrogen and oxygen atoms in total. The topological polar surface area (TPSA) is 766 Å². The number of hydrogen-bond acceptors (Lipinski definition) is 16. The summed E-state index contributed by atoms with van der Waals surface area (Å²) in [5, 5.41) is 6.33. The molecule has 0 unspecified atom stereocenters. The van der Waals surface area contributed by atoms with E-state index in [9.17, 15) is 54.8 Å². The monoisotopic (exact) mass is 1290 g/mol. The predicted octanol–water partition coefficient (Wildman–Crippen LogP) is -5.87. The van der Waals surface area contributed by atoms with Crippen molar-refractivity contribution in [3.63, 3.8) is 0 Å². The summed E-state index contributed by atoms with van der Waals surface area (Å²) in [5.41, 5.74) is 10.5. The lowest BCUT2D eigenvalue weighted by Crippen LogP contribution is -2.32. The summed E-state index contributed by atoms with van der Waals surface area (Å²) in [4.78, 5) is 196. The van der Waals surface area contributed by atoms with Gasteiger partial charge in [-0.25, -0.2) is 0 Å². The highest BCUT2D eigenvalue weighted by Gasteiger charge is 2.25. The minimum Gasteiger partial charge on any atom is -0.329 e. The third-order valence-electron chi connectivity index (χ3n) is 5.22. The van der Waals surface area contributed by atoms with Crippen LogP contribution in [0.5, 0.6) is 0 Å². The van der Waals surface area contributed by atoms with Gasteiger partial charge in [0.25, 0.3) is 0 Å². The van der Waals surface area contributed by atoms with Gasteiger partial charge in [0.05, 0.1) is 73.9 Å². The van der Waals surface area contributed by atoms with E-state index in [1.807, 2.05) is 0 Å². The van der Waals surface area contributed by atoms with Gasteiger partial charge in [0.15, 0.2) is 0 Å². The smallest absolute Gasteiger partial charge is 0.326 e. The normalized spacial score (nSPS) is 13.1. The average Bonchev–Trinajstić information content (AvgIpc) is 3.07. The maximum absolute atomic E-state index is 10.0. The predicted molar refractivity (Wildman–Crippen MR) is 247 cm³/mol. The molecule has 0 rings (SSSR count). The van der Waals surface area contributed by atoms with E-state index in [-0.39, 0.29) is 0 Å². The van der Waals surface area contributed by atoms with Gasteiger partial charge in [-0.3, -0.25) is 54.8 Å². The Morgan fingerprint density at radius 3 is 0.343 bits per heavy atom. The molecule has 0 aliphatic carbocycles. The quantitative estimate of drug-likeness (QED) is 0.0299. The van der Waals surface area contributed by atoms with Crippen molar-refractivity contribution in [1.82, 2.24) is 10.6 Å². The zero-order chi connectivity index (χ0) is 58.1. The maximum Gasteiger partial charge on any atom is 0.326 e. The van der Waals surface area contributed by atoms with E-state index in [1.165, 1.54) is 0 Å². The van der Waals surface area contributed by atoms with Crippen molar-refractivity contribution in [2.24, 2.45) is 11.5 Å². The molecule has 0 aromatic carbocycles. The van der Waals surface area contributed by atoms with Gasteiger partial charge in [-0.1, -0.05) is 0 Å². The van der Waals surface area contributed by atoms with Crippen LogP contribution in [0, 0.1) is 0 Å². The van der Waals surface area contributed by atoms with E-state index in [1.54, 1.807) is 0 Å². The van der Waals surface area contributed by atoms with Crippen LogP contribution in [0.1, 0.15) is 0 Å². The highest BCUT2D eigenvalue weighted by Crippen LogP contribution is 2.46. The van der Waals surface area contributed by atoms with Gasteiger partial charge in [-0.2, -0.15) is 0 Å². The van der Waals surface area contributed by atoms with Gasteiger partial charge >= 0.3 is 91.1 Å². The largest absolute Gasteiger partial charge is 0.329 e. The fourth-order valence-electron chi connectivity index (χ4n) is 2.19. The lowest BCUT2D eigenvalue weighted by molar-refractivity contribution is 0.360. The minimum atomic E-state index is -4.25. The highest BCUT2D eigenvalue weighted by atomic mass is 31.2. The highest BCUT2D eigenvalue weighted by molar-refractivity contribution is 7.58. The van der Waals surface area contributed by atoms with Crippen LogP contribution >= 0.6 is 91.1 Å². The van der Waals surface area contributed by atoms with Crippen LogP contribution in [0.3, 0.4) is 0 Å². The van der Waals surface area contributed by atoms with E-state index in [2.05, 4.69) is 10.6 Å². The Hall–Kier alpha value is 1.64. The molecule has 0 saturated heterocycles. The Balaban J connectivity index is -0.000000132. The van der Waals surface area contributed by atoms with E-state index >= 15 is 0 Å². The molecule has 0 spiro atoms. The van der Waals surface area contributed by atoms with E-state index in [0.717, 1.165) is 26.2 Å². The Bertz CT molecular complexity index is 1490. The van der Waals surface area contributed by atoms with E-state index < -0.39 is 165 Å². The Morgan fingerprint density at radius 1 is 0.200 bits per heavy atom. The lowest BCUT2D eigenvalue weighted by atomic mass is 10.5. The second kappa shape index (κ2) is 39.1. The summed E-state index contributed by atoms with van der Waals surface area (Å²) in [5.74, 6) is 0. The molecule has 0 atom stereocenters. The van der Waals surface area contributed by atoms with Crippen LogP contribution in [-0.4, -0.2) is 231 Å². The molecule has 52 heteroatoms. The number of rotatable bonds is 25. The van der Waals surface area contributed by atoms with Crippen LogP contribution in [0.4, 0.5) is 0 Å². The SMILES string of the molecule is NCCNCCNCCN.O=P(O)(O)CCP(=O)(O)O.O=P(O)(O)CCP(=O)(O)O.O=P(O)(O)CCP(=O)(O)O.O=P(O)(O)CCP(=O)(O)O.O=P(O)(O)CCP(=O)(O)O.O=P(O)(O)CCP(=O)(O)O. The molecule has 30 N–H and O–H groups in total. The molecule has 0 fully saturated rings. The van der Waals surface area contributed by atoms with Crippen LogP contribution in [0.15, 0.2) is 0 Å². The first kappa shape index (κ1) is 85.6. The van der Waals surface area contributed by atoms with Crippen molar-refractivity contribution in [1.29, 1.82) is 0 Å². The summed E-state index contributed by atoms with van der Waals surface area (Å²) >= 11 is 0. The molecule has 0 bridgehead atoms. The van der Waals surface area contributed by atoms with Gasteiger partial charge in [0, 0.05) is 39.3 Å². The first-order chi connectivity index (χ1) is 30.2. The van der Waals surface area contributed by atoms with Crippen molar-refractivity contribution in [3.8, 4) is 0 Å². The summed E-state index contributed by atoms with van der Waals surface area (Å²) in [6, 6.07) is 0. The van der Waals surface area contributed by atoms with Gasteiger partial charge < -0.3 is 140 Å². The summed E-state index contributed by atoms with van der Waals surface area (Å²) < 4.78 is 120. The maximum atomic E-state index is 10.0. The van der Waals surface area contributed by atoms with E-state index in [4.69, 9.17) is 129 Å². The molecule has 0 aromatic heterocycles. The molecular formula is C18H66N4O36P12. The molecule has 0 amide bonds. The lowest BCUT2D eigenvalue weighted by Gasteiger charge is -2.03. The van der Waals surface area contributed by atoms with Gasteiger partial charge in [0.1, 0.15) is 0 Å². The first-order valence-electron chi connectivity index (χ1n) is 17.5. The molecule has 0 aliphatic heterocycles. The Labute approximate surface area is 397 Å².